The molecule has 0 atom stereocenters. The molecule has 0 spiro atoms. The van der Waals surface area contributed by atoms with Crippen LogP contribution in [0.1, 0.15) is 0 Å². The van der Waals surface area contributed by atoms with Gasteiger partial charge in [-0.25, -0.2) is 9.97 Å². The van der Waals surface area contributed by atoms with Crippen LogP contribution in [0.15, 0.2) is 18.6 Å². The van der Waals surface area contributed by atoms with Gasteiger partial charge in [-0.3, -0.25) is 0 Å². The van der Waals surface area contributed by atoms with Crippen LogP contribution in [-0.2, 0) is 0 Å². The number of rotatable bonds is 1. The molecule has 3 heteroatoms. The van der Waals surface area contributed by atoms with Crippen molar-refractivity contribution in [2.24, 2.45) is 0 Å². The molecule has 0 fully saturated rings. The van der Waals surface area contributed by atoms with E-state index in [1.165, 1.54) is 6.33 Å². The highest BCUT2D eigenvalue weighted by Crippen LogP contribution is 2.00. The molecule has 0 aliphatic heterocycles. The maximum atomic E-state index is 3.99. The molecule has 1 heterocycles. The van der Waals surface area contributed by atoms with Crippen LogP contribution in [0.2, 0.25) is 0 Å². The van der Waals surface area contributed by atoms with Gasteiger partial charge in [-0.2, -0.15) is 0 Å². The first kappa shape index (κ1) is 6.01. The summed E-state index contributed by atoms with van der Waals surface area (Å²) in [4.78, 5) is 9.72. The van der Waals surface area contributed by atoms with Gasteiger partial charge < -0.3 is 4.90 Å². The first-order valence-electron chi connectivity index (χ1n) is 2.74. The van der Waals surface area contributed by atoms with E-state index in [0.717, 1.165) is 5.82 Å². The predicted molar refractivity (Wildman–Crippen MR) is 36.4 cm³/mol. The Morgan fingerprint density at radius 3 is 2.56 bits per heavy atom. The first-order chi connectivity index (χ1) is 4.30. The van der Waals surface area contributed by atoms with E-state index < -0.39 is 0 Å². The lowest BCUT2D eigenvalue weighted by Crippen LogP contribution is -2.09. The van der Waals surface area contributed by atoms with Crippen LogP contribution in [0.4, 0.5) is 5.82 Å². The van der Waals surface area contributed by atoms with E-state index in [1.807, 2.05) is 25.1 Å². The molecule has 9 heavy (non-hydrogen) atoms. The van der Waals surface area contributed by atoms with Gasteiger partial charge in [-0.05, 0) is 6.07 Å². The van der Waals surface area contributed by atoms with Crippen molar-refractivity contribution in [1.82, 2.24) is 9.97 Å². The molecule has 0 aromatic carbocycles. The number of aromatic nitrogens is 2. The molecule has 0 saturated carbocycles. The van der Waals surface area contributed by atoms with Crippen molar-refractivity contribution in [3.8, 4) is 0 Å². The SMILES string of the molecule is CN(C)c1ccncn1. The largest absolute Gasteiger partial charge is 0.363 e. The van der Waals surface area contributed by atoms with Gasteiger partial charge in [-0.15, -0.1) is 0 Å². The highest BCUT2D eigenvalue weighted by molar-refractivity contribution is 5.33. The predicted octanol–water partition coefficient (Wildman–Crippen LogP) is 0.543. The van der Waals surface area contributed by atoms with Gasteiger partial charge in [0.15, 0.2) is 0 Å². The lowest BCUT2D eigenvalue weighted by atomic mass is 10.5. The summed E-state index contributed by atoms with van der Waals surface area (Å²) in [6.07, 6.45) is 3.26. The van der Waals surface area contributed by atoms with Gasteiger partial charge in [0.2, 0.25) is 0 Å². The first-order valence-corrected chi connectivity index (χ1v) is 2.74. The van der Waals surface area contributed by atoms with Crippen molar-refractivity contribution < 1.29 is 0 Å². The Balaban J connectivity index is 2.85. The maximum Gasteiger partial charge on any atom is 0.131 e. The second-order valence-corrected chi connectivity index (χ2v) is 1.96. The van der Waals surface area contributed by atoms with Gasteiger partial charge in [-0.1, -0.05) is 0 Å². The average Bonchev–Trinajstić information content (AvgIpc) is 1.90. The molecule has 3 nitrogen and oxygen atoms in total. The Labute approximate surface area is 54.4 Å². The molecule has 0 amide bonds. The average molecular weight is 123 g/mol. The summed E-state index contributed by atoms with van der Waals surface area (Å²) in [5, 5.41) is 0. The number of hydrogen-bond acceptors (Lipinski definition) is 3. The molecular weight excluding hydrogens is 114 g/mol. The smallest absolute Gasteiger partial charge is 0.131 e. The Hall–Kier alpha value is -1.12. The Morgan fingerprint density at radius 1 is 1.44 bits per heavy atom. The minimum atomic E-state index is 0.935. The molecule has 0 aliphatic rings. The van der Waals surface area contributed by atoms with Crippen molar-refractivity contribution >= 4 is 5.82 Å². The fourth-order valence-corrected chi connectivity index (χ4v) is 0.548. The van der Waals surface area contributed by atoms with Crippen LogP contribution >= 0.6 is 0 Å². The van der Waals surface area contributed by atoms with Crippen molar-refractivity contribution in [1.29, 1.82) is 0 Å². The van der Waals surface area contributed by atoms with E-state index in [9.17, 15) is 0 Å². The van der Waals surface area contributed by atoms with E-state index in [4.69, 9.17) is 0 Å². The molecule has 0 unspecified atom stereocenters. The zero-order chi connectivity index (χ0) is 6.69. The highest BCUT2D eigenvalue weighted by atomic mass is 15.1. The summed E-state index contributed by atoms with van der Waals surface area (Å²) in [6, 6.07) is 1.86. The fourth-order valence-electron chi connectivity index (χ4n) is 0.548. The minimum absolute atomic E-state index is 0.935. The van der Waals surface area contributed by atoms with Crippen molar-refractivity contribution in [3.05, 3.63) is 18.6 Å². The summed E-state index contributed by atoms with van der Waals surface area (Å²) < 4.78 is 0. The number of nitrogens with zero attached hydrogens (tertiary/aromatic N) is 3. The summed E-state index contributed by atoms with van der Waals surface area (Å²) in [6.45, 7) is 0. The molecule has 1 aromatic heterocycles. The van der Waals surface area contributed by atoms with Crippen LogP contribution in [0, 0.1) is 0 Å². The van der Waals surface area contributed by atoms with Gasteiger partial charge in [0.1, 0.15) is 12.1 Å². The van der Waals surface area contributed by atoms with Crippen LogP contribution in [0.3, 0.4) is 0 Å². The van der Waals surface area contributed by atoms with Gasteiger partial charge in [0.05, 0.1) is 0 Å². The molecule has 0 saturated heterocycles. The molecule has 0 bridgehead atoms. The van der Waals surface area contributed by atoms with Crippen molar-refractivity contribution in [2.75, 3.05) is 19.0 Å². The van der Waals surface area contributed by atoms with Gasteiger partial charge in [0.25, 0.3) is 0 Å². The molecular formula is C6H9N3. The second-order valence-electron chi connectivity index (χ2n) is 1.96. The Bertz CT molecular complexity index is 171. The lowest BCUT2D eigenvalue weighted by Gasteiger charge is -2.08. The van der Waals surface area contributed by atoms with Crippen molar-refractivity contribution in [2.45, 2.75) is 0 Å². The zero-order valence-corrected chi connectivity index (χ0v) is 5.57. The van der Waals surface area contributed by atoms with E-state index in [1.54, 1.807) is 6.20 Å². The fraction of sp³-hybridized carbons (Fsp3) is 0.333. The van der Waals surface area contributed by atoms with Crippen LogP contribution in [-0.4, -0.2) is 24.1 Å². The van der Waals surface area contributed by atoms with Crippen LogP contribution in [0.5, 0.6) is 0 Å². The Morgan fingerprint density at radius 2 is 2.22 bits per heavy atom. The summed E-state index contributed by atoms with van der Waals surface area (Å²) in [5.74, 6) is 0.935. The normalized spacial score (nSPS) is 9.11. The summed E-state index contributed by atoms with van der Waals surface area (Å²) >= 11 is 0. The molecule has 48 valence electrons. The third-order valence-corrected chi connectivity index (χ3v) is 1.02. The lowest BCUT2D eigenvalue weighted by molar-refractivity contribution is 1.04. The molecule has 0 aliphatic carbocycles. The van der Waals surface area contributed by atoms with E-state index >= 15 is 0 Å². The standard InChI is InChI=1S/C6H9N3/c1-9(2)6-3-4-7-5-8-6/h3-5H,1-2H3. The van der Waals surface area contributed by atoms with Crippen LogP contribution in [0.25, 0.3) is 0 Å². The topological polar surface area (TPSA) is 29.0 Å². The number of anilines is 1. The molecule has 0 N–H and O–H groups in total. The van der Waals surface area contributed by atoms with Gasteiger partial charge >= 0.3 is 0 Å². The molecule has 1 rings (SSSR count). The summed E-state index contributed by atoms with van der Waals surface area (Å²) in [7, 11) is 3.89. The molecule has 0 radical (unpaired) electrons. The maximum absolute atomic E-state index is 3.99. The van der Waals surface area contributed by atoms with E-state index in [-0.39, 0.29) is 0 Å². The highest BCUT2D eigenvalue weighted by Gasteiger charge is 1.90. The monoisotopic (exact) mass is 123 g/mol. The summed E-state index contributed by atoms with van der Waals surface area (Å²) in [5.41, 5.74) is 0. The van der Waals surface area contributed by atoms with E-state index in [0.29, 0.717) is 0 Å². The number of hydrogen-bond donors (Lipinski definition) is 0. The van der Waals surface area contributed by atoms with Crippen molar-refractivity contribution in [3.63, 3.8) is 0 Å². The zero-order valence-electron chi connectivity index (χ0n) is 5.57. The second kappa shape index (κ2) is 2.44. The third kappa shape index (κ3) is 1.38. The quantitative estimate of drug-likeness (QED) is 0.546. The molecule has 1 aromatic rings. The Kier molecular flexibility index (Phi) is 1.63. The van der Waals surface area contributed by atoms with Crippen LogP contribution < -0.4 is 4.90 Å². The third-order valence-electron chi connectivity index (χ3n) is 1.02. The van der Waals surface area contributed by atoms with Gasteiger partial charge in [0, 0.05) is 20.3 Å². The minimum Gasteiger partial charge on any atom is -0.363 e. The van der Waals surface area contributed by atoms with E-state index in [2.05, 4.69) is 9.97 Å².